The molecule has 1 fully saturated rings. The summed E-state index contributed by atoms with van der Waals surface area (Å²) in [5, 5.41) is 0. The van der Waals surface area contributed by atoms with E-state index in [2.05, 4.69) is 6.92 Å². The van der Waals surface area contributed by atoms with E-state index in [9.17, 15) is 26.7 Å². The van der Waals surface area contributed by atoms with Crippen LogP contribution in [0.15, 0.2) is 12.1 Å². The number of carbonyl (C=O) groups is 1. The molecule has 0 bridgehead atoms. The summed E-state index contributed by atoms with van der Waals surface area (Å²) in [5.41, 5.74) is -1.98. The molecule has 7 heteroatoms. The summed E-state index contributed by atoms with van der Waals surface area (Å²) in [6.45, 7) is 2.20. The summed E-state index contributed by atoms with van der Waals surface area (Å²) in [7, 11) is 0. The minimum Gasteiger partial charge on any atom is -0.426 e. The molecular formula is C22H29F5O2. The Hall–Kier alpha value is -1.66. The minimum absolute atomic E-state index is 0.0795. The van der Waals surface area contributed by atoms with E-state index in [0.29, 0.717) is 24.5 Å². The van der Waals surface area contributed by atoms with Crippen LogP contribution >= 0.6 is 0 Å². The quantitative estimate of drug-likeness (QED) is 0.180. The first-order chi connectivity index (χ1) is 13.7. The summed E-state index contributed by atoms with van der Waals surface area (Å²) in [6.07, 6.45) is 6.29. The van der Waals surface area contributed by atoms with Gasteiger partial charge in [0.2, 0.25) is 0 Å². The maximum absolute atomic E-state index is 13.6. The molecule has 0 amide bonds. The van der Waals surface area contributed by atoms with Gasteiger partial charge in [0.1, 0.15) is 22.9 Å². The molecule has 29 heavy (non-hydrogen) atoms. The number of rotatable bonds is 9. The monoisotopic (exact) mass is 420 g/mol. The minimum atomic E-state index is -5.15. The van der Waals surface area contributed by atoms with Crippen LogP contribution in [0.2, 0.25) is 0 Å². The zero-order chi connectivity index (χ0) is 21.4. The van der Waals surface area contributed by atoms with Gasteiger partial charge in [-0.1, -0.05) is 64.7 Å². The average molecular weight is 420 g/mol. The van der Waals surface area contributed by atoms with Crippen molar-refractivity contribution < 1.29 is 31.5 Å². The van der Waals surface area contributed by atoms with Crippen LogP contribution in [0, 0.1) is 23.5 Å². The van der Waals surface area contributed by atoms with E-state index in [1.54, 1.807) is 0 Å². The molecule has 164 valence electrons. The molecule has 0 spiro atoms. The largest absolute Gasteiger partial charge is 0.426 e. The molecule has 1 saturated carbocycles. The highest BCUT2D eigenvalue weighted by Gasteiger charge is 2.38. The van der Waals surface area contributed by atoms with E-state index in [1.165, 1.54) is 32.1 Å². The van der Waals surface area contributed by atoms with Crippen LogP contribution in [0.25, 0.3) is 0 Å². The van der Waals surface area contributed by atoms with Crippen molar-refractivity contribution in [3.8, 4) is 5.75 Å². The maximum Gasteiger partial charge on any atom is 0.422 e. The van der Waals surface area contributed by atoms with Gasteiger partial charge in [0.15, 0.2) is 0 Å². The topological polar surface area (TPSA) is 26.3 Å². The van der Waals surface area contributed by atoms with E-state index in [4.69, 9.17) is 4.74 Å². The Morgan fingerprint density at radius 1 is 0.966 bits per heavy atom. The second-order valence-electron chi connectivity index (χ2n) is 8.01. The summed E-state index contributed by atoms with van der Waals surface area (Å²) in [4.78, 5) is 11.9. The first-order valence-corrected chi connectivity index (χ1v) is 10.5. The van der Waals surface area contributed by atoms with Crippen molar-refractivity contribution in [2.24, 2.45) is 11.8 Å². The smallest absolute Gasteiger partial charge is 0.422 e. The van der Waals surface area contributed by atoms with Gasteiger partial charge in [0.05, 0.1) is 0 Å². The zero-order valence-electron chi connectivity index (χ0n) is 16.8. The van der Waals surface area contributed by atoms with Gasteiger partial charge in [0.25, 0.3) is 0 Å². The van der Waals surface area contributed by atoms with Crippen molar-refractivity contribution in [1.29, 1.82) is 0 Å². The van der Waals surface area contributed by atoms with Crippen molar-refractivity contribution >= 4 is 5.97 Å². The predicted octanol–water partition coefficient (Wildman–Crippen LogP) is 7.45. The van der Waals surface area contributed by atoms with Crippen molar-refractivity contribution in [2.45, 2.75) is 83.7 Å². The molecule has 0 atom stereocenters. The molecule has 2 rings (SSSR count). The fraction of sp³-hybridized carbons (Fsp3) is 0.682. The van der Waals surface area contributed by atoms with E-state index in [1.807, 2.05) is 0 Å². The van der Waals surface area contributed by atoms with E-state index >= 15 is 0 Å². The SMILES string of the molecule is CCCCCCC1CCC(CCC(=O)Oc2cc(F)c(C(F)(F)F)c(F)c2)CC1. The molecular weight excluding hydrogens is 391 g/mol. The number of esters is 1. The summed E-state index contributed by atoms with van der Waals surface area (Å²) >= 11 is 0. The number of carbonyl (C=O) groups excluding carboxylic acids is 1. The third kappa shape index (κ3) is 7.59. The number of hydrogen-bond donors (Lipinski definition) is 0. The number of ether oxygens (including phenoxy) is 1. The van der Waals surface area contributed by atoms with Crippen LogP contribution in [-0.4, -0.2) is 5.97 Å². The second kappa shape index (κ2) is 10.9. The summed E-state index contributed by atoms with van der Waals surface area (Å²) in [6, 6.07) is 0.793. The van der Waals surface area contributed by atoms with Crippen molar-refractivity contribution in [3.05, 3.63) is 29.3 Å². The number of benzene rings is 1. The number of alkyl halides is 3. The molecule has 0 heterocycles. The highest BCUT2D eigenvalue weighted by Crippen LogP contribution is 2.36. The second-order valence-corrected chi connectivity index (χ2v) is 8.01. The van der Waals surface area contributed by atoms with Gasteiger partial charge in [-0.2, -0.15) is 13.2 Å². The predicted molar refractivity (Wildman–Crippen MR) is 100 cm³/mol. The van der Waals surface area contributed by atoms with Gasteiger partial charge in [-0.15, -0.1) is 0 Å². The Bertz CT molecular complexity index is 641. The maximum atomic E-state index is 13.6. The highest BCUT2D eigenvalue weighted by molar-refractivity contribution is 5.72. The molecule has 0 aliphatic heterocycles. The lowest BCUT2D eigenvalue weighted by atomic mass is 9.78. The lowest BCUT2D eigenvalue weighted by molar-refractivity contribution is -0.142. The van der Waals surface area contributed by atoms with Crippen LogP contribution in [0.4, 0.5) is 22.0 Å². The van der Waals surface area contributed by atoms with Crippen molar-refractivity contribution in [1.82, 2.24) is 0 Å². The molecule has 0 aromatic heterocycles. The summed E-state index contributed by atoms with van der Waals surface area (Å²) < 4.78 is 69.7. The van der Waals surface area contributed by atoms with Gasteiger partial charge < -0.3 is 4.74 Å². The Morgan fingerprint density at radius 2 is 1.52 bits per heavy atom. The third-order valence-electron chi connectivity index (χ3n) is 5.72. The fourth-order valence-corrected chi connectivity index (χ4v) is 4.05. The van der Waals surface area contributed by atoms with Crippen LogP contribution in [0.1, 0.15) is 83.1 Å². The molecule has 0 radical (unpaired) electrons. The van der Waals surface area contributed by atoms with Gasteiger partial charge in [-0.3, -0.25) is 4.79 Å². The highest BCUT2D eigenvalue weighted by atomic mass is 19.4. The first-order valence-electron chi connectivity index (χ1n) is 10.5. The van der Waals surface area contributed by atoms with Gasteiger partial charge in [0, 0.05) is 18.6 Å². The Labute approximate surface area is 168 Å². The standard InChI is InChI=1S/C22H29F5O2/c1-2-3-4-5-6-15-7-9-16(10-8-15)11-12-20(28)29-17-13-18(23)21(19(24)14-17)22(25,26)27/h13-16H,2-12H2,1H3. The Kier molecular flexibility index (Phi) is 8.90. The first kappa shape index (κ1) is 23.6. The van der Waals surface area contributed by atoms with Crippen LogP contribution in [0.5, 0.6) is 5.75 Å². The fourth-order valence-electron chi connectivity index (χ4n) is 4.05. The molecule has 1 aliphatic carbocycles. The third-order valence-corrected chi connectivity index (χ3v) is 5.72. The lowest BCUT2D eigenvalue weighted by Crippen LogP contribution is -2.17. The van der Waals surface area contributed by atoms with Gasteiger partial charge in [-0.25, -0.2) is 8.78 Å². The van der Waals surface area contributed by atoms with Crippen LogP contribution in [-0.2, 0) is 11.0 Å². The summed E-state index contributed by atoms with van der Waals surface area (Å²) in [5.74, 6) is -3.65. The normalized spacial score (nSPS) is 19.9. The molecule has 0 unspecified atom stereocenters. The van der Waals surface area contributed by atoms with Gasteiger partial charge in [-0.05, 0) is 18.3 Å². The molecule has 1 aliphatic rings. The molecule has 0 saturated heterocycles. The van der Waals surface area contributed by atoms with E-state index < -0.39 is 35.1 Å². The number of unbranched alkanes of at least 4 members (excludes halogenated alkanes) is 3. The average Bonchev–Trinajstić information content (AvgIpc) is 2.63. The number of halogens is 5. The molecule has 0 N–H and O–H groups in total. The van der Waals surface area contributed by atoms with Crippen LogP contribution in [0.3, 0.4) is 0 Å². The van der Waals surface area contributed by atoms with Crippen molar-refractivity contribution in [3.63, 3.8) is 0 Å². The van der Waals surface area contributed by atoms with E-state index in [-0.39, 0.29) is 6.42 Å². The van der Waals surface area contributed by atoms with Crippen molar-refractivity contribution in [2.75, 3.05) is 0 Å². The van der Waals surface area contributed by atoms with Crippen LogP contribution < -0.4 is 4.74 Å². The lowest BCUT2D eigenvalue weighted by Gasteiger charge is -2.28. The molecule has 1 aromatic rings. The Balaban J connectivity index is 1.74. The Morgan fingerprint density at radius 3 is 2.03 bits per heavy atom. The zero-order valence-corrected chi connectivity index (χ0v) is 16.8. The van der Waals surface area contributed by atoms with Gasteiger partial charge >= 0.3 is 12.1 Å². The molecule has 2 nitrogen and oxygen atoms in total. The molecule has 1 aromatic carbocycles. The number of hydrogen-bond acceptors (Lipinski definition) is 2. The van der Waals surface area contributed by atoms with E-state index in [0.717, 1.165) is 31.6 Å².